The number of nitrogens with two attached hydrogens (primary N) is 1. The van der Waals surface area contributed by atoms with Crippen molar-refractivity contribution in [3.63, 3.8) is 0 Å². The number of benzene rings is 2. The first kappa shape index (κ1) is 18.7. The van der Waals surface area contributed by atoms with E-state index in [9.17, 15) is 0 Å². The Morgan fingerprint density at radius 1 is 1.07 bits per heavy atom. The molecule has 1 aliphatic heterocycles. The topological polar surface area (TPSA) is 43.5 Å². The van der Waals surface area contributed by atoms with E-state index in [2.05, 4.69) is 86.0 Å². The van der Waals surface area contributed by atoms with Crippen LogP contribution in [0.2, 0.25) is 0 Å². The van der Waals surface area contributed by atoms with Crippen molar-refractivity contribution in [2.45, 2.75) is 51.8 Å². The van der Waals surface area contributed by atoms with Crippen molar-refractivity contribution in [3.8, 4) is 0 Å². The molecule has 2 heterocycles. The lowest BCUT2D eigenvalue weighted by Gasteiger charge is -2.47. The Balaban J connectivity index is 1.64. The second-order valence-electron chi connectivity index (χ2n) is 9.29. The Morgan fingerprint density at radius 2 is 1.76 bits per heavy atom. The minimum Gasteiger partial charge on any atom is -0.371 e. The molecule has 2 unspecified atom stereocenters. The maximum absolute atomic E-state index is 7.07. The lowest BCUT2D eigenvalue weighted by molar-refractivity contribution is 0.202. The van der Waals surface area contributed by atoms with Crippen LogP contribution in [0.4, 0.5) is 0 Å². The van der Waals surface area contributed by atoms with Crippen LogP contribution >= 0.6 is 0 Å². The number of aryl methyl sites for hydroxylation is 1. The van der Waals surface area contributed by atoms with Crippen LogP contribution in [0.3, 0.4) is 0 Å². The molecular weight excluding hydrogens is 356 g/mol. The number of allylic oxidation sites excluding steroid dienone is 1. The second-order valence-corrected chi connectivity index (χ2v) is 9.29. The Morgan fingerprint density at radius 3 is 2.45 bits per heavy atom. The molecule has 1 fully saturated rings. The van der Waals surface area contributed by atoms with E-state index in [0.717, 1.165) is 26.0 Å². The summed E-state index contributed by atoms with van der Waals surface area (Å²) in [6.45, 7) is 8.62. The van der Waals surface area contributed by atoms with Gasteiger partial charge >= 0.3 is 0 Å². The fourth-order valence-electron chi connectivity index (χ4n) is 5.19. The molecule has 150 valence electrons. The van der Waals surface area contributed by atoms with E-state index in [4.69, 9.17) is 10.5 Å². The number of rotatable bonds is 4. The van der Waals surface area contributed by atoms with E-state index in [1.54, 1.807) is 0 Å². The van der Waals surface area contributed by atoms with Gasteiger partial charge in [-0.1, -0.05) is 68.5 Å². The minimum absolute atomic E-state index is 0.147. The molecule has 3 nitrogen and oxygen atoms in total. The van der Waals surface area contributed by atoms with Crippen LogP contribution in [-0.2, 0) is 16.8 Å². The van der Waals surface area contributed by atoms with Crippen molar-refractivity contribution >= 4 is 16.5 Å². The zero-order valence-corrected chi connectivity index (χ0v) is 17.6. The van der Waals surface area contributed by atoms with Gasteiger partial charge in [0.15, 0.2) is 0 Å². The van der Waals surface area contributed by atoms with Crippen LogP contribution in [0.1, 0.15) is 43.5 Å². The summed E-state index contributed by atoms with van der Waals surface area (Å²) in [6, 6.07) is 19.3. The third kappa shape index (κ3) is 2.95. The Labute approximate surface area is 173 Å². The highest BCUT2D eigenvalue weighted by atomic mass is 16.6. The number of nitrogens with zero attached hydrogens (tertiary/aromatic N) is 1. The van der Waals surface area contributed by atoms with Crippen molar-refractivity contribution in [3.05, 3.63) is 77.5 Å². The summed E-state index contributed by atoms with van der Waals surface area (Å²) in [5.74, 6) is 0. The fourth-order valence-corrected chi connectivity index (χ4v) is 5.19. The number of ether oxygens (including phenoxy) is 1. The first-order valence-electron chi connectivity index (χ1n) is 10.7. The van der Waals surface area contributed by atoms with E-state index in [1.807, 2.05) is 0 Å². The molecule has 2 N–H and O–H groups in total. The monoisotopic (exact) mass is 386 g/mol. The van der Waals surface area contributed by atoms with Gasteiger partial charge in [-0.15, -0.1) is 0 Å². The van der Waals surface area contributed by atoms with Gasteiger partial charge < -0.3 is 15.0 Å². The van der Waals surface area contributed by atoms with Crippen molar-refractivity contribution in [1.82, 2.24) is 4.57 Å². The quantitative estimate of drug-likeness (QED) is 0.610. The summed E-state index contributed by atoms with van der Waals surface area (Å²) in [6.07, 6.45) is 4.71. The molecule has 1 aliphatic carbocycles. The number of aromatic nitrogens is 1. The molecule has 0 spiro atoms. The molecule has 1 saturated heterocycles. The molecule has 2 atom stereocenters. The van der Waals surface area contributed by atoms with Gasteiger partial charge in [0.2, 0.25) is 0 Å². The van der Waals surface area contributed by atoms with Gasteiger partial charge in [0.25, 0.3) is 0 Å². The van der Waals surface area contributed by atoms with Crippen molar-refractivity contribution in [2.24, 2.45) is 11.1 Å². The highest BCUT2D eigenvalue weighted by Gasteiger charge is 2.45. The predicted molar refractivity (Wildman–Crippen MR) is 120 cm³/mol. The van der Waals surface area contributed by atoms with E-state index in [1.165, 1.54) is 33.3 Å². The normalized spacial score (nSPS) is 25.8. The minimum atomic E-state index is -0.359. The first-order valence-corrected chi connectivity index (χ1v) is 10.7. The largest absolute Gasteiger partial charge is 0.371 e. The van der Waals surface area contributed by atoms with Crippen LogP contribution in [0.25, 0.3) is 16.5 Å². The maximum Gasteiger partial charge on any atom is 0.0988 e. The zero-order valence-electron chi connectivity index (χ0n) is 17.6. The molecule has 0 bridgehead atoms. The van der Waals surface area contributed by atoms with E-state index < -0.39 is 0 Å². The van der Waals surface area contributed by atoms with Gasteiger partial charge in [-0.3, -0.25) is 0 Å². The lowest BCUT2D eigenvalue weighted by Crippen LogP contribution is -2.50. The Bertz CT molecular complexity index is 1090. The van der Waals surface area contributed by atoms with Gasteiger partial charge in [0, 0.05) is 27.6 Å². The zero-order chi connectivity index (χ0) is 20.2. The lowest BCUT2D eigenvalue weighted by atomic mass is 9.62. The standard InChI is InChI=1S/C26H30N2O/c1-18-22-11-7-8-12-23(22)28(16-21-17-29-21)24(18)19-13-14-26(27,25(2,3)15-19)20-9-5-4-6-10-20/h4-12,15,21H,13-14,16-17,27H2,1-3H3. The average Bonchev–Trinajstić information content (AvgIpc) is 3.50. The number of epoxide rings is 1. The summed E-state index contributed by atoms with van der Waals surface area (Å²) < 4.78 is 8.07. The third-order valence-electron chi connectivity index (χ3n) is 7.08. The molecule has 5 rings (SSSR count). The van der Waals surface area contributed by atoms with Gasteiger partial charge in [-0.2, -0.15) is 0 Å². The fraction of sp³-hybridized carbons (Fsp3) is 0.385. The van der Waals surface area contributed by atoms with Gasteiger partial charge in [-0.05, 0) is 42.5 Å². The van der Waals surface area contributed by atoms with E-state index >= 15 is 0 Å². The first-order chi connectivity index (χ1) is 13.9. The number of para-hydroxylation sites is 1. The van der Waals surface area contributed by atoms with Crippen molar-refractivity contribution in [2.75, 3.05) is 6.61 Å². The molecule has 2 aromatic carbocycles. The van der Waals surface area contributed by atoms with E-state index in [-0.39, 0.29) is 11.0 Å². The smallest absolute Gasteiger partial charge is 0.0988 e. The van der Waals surface area contributed by atoms with Gasteiger partial charge in [0.1, 0.15) is 0 Å². The molecular formula is C26H30N2O. The van der Waals surface area contributed by atoms with Gasteiger partial charge in [-0.25, -0.2) is 0 Å². The molecule has 0 amide bonds. The molecule has 1 aromatic heterocycles. The number of hydrogen-bond donors (Lipinski definition) is 1. The highest BCUT2D eigenvalue weighted by Crippen LogP contribution is 2.50. The van der Waals surface area contributed by atoms with Crippen LogP contribution < -0.4 is 5.73 Å². The Kier molecular flexibility index (Phi) is 4.23. The van der Waals surface area contributed by atoms with Crippen molar-refractivity contribution < 1.29 is 4.74 Å². The van der Waals surface area contributed by atoms with Crippen molar-refractivity contribution in [1.29, 1.82) is 0 Å². The van der Waals surface area contributed by atoms with Crippen LogP contribution in [0, 0.1) is 12.3 Å². The molecule has 0 radical (unpaired) electrons. The summed E-state index contributed by atoms with van der Waals surface area (Å²) in [7, 11) is 0. The molecule has 0 saturated carbocycles. The summed E-state index contributed by atoms with van der Waals surface area (Å²) >= 11 is 0. The number of hydrogen-bond acceptors (Lipinski definition) is 2. The molecule has 2 aliphatic rings. The summed E-state index contributed by atoms with van der Waals surface area (Å²) in [5, 5.41) is 1.34. The highest BCUT2D eigenvalue weighted by molar-refractivity contribution is 5.90. The molecule has 29 heavy (non-hydrogen) atoms. The van der Waals surface area contributed by atoms with Crippen LogP contribution in [0.15, 0.2) is 60.7 Å². The maximum atomic E-state index is 7.07. The number of fused-ring (bicyclic) bond motifs is 1. The Hall–Kier alpha value is -2.36. The van der Waals surface area contributed by atoms with Crippen LogP contribution in [0.5, 0.6) is 0 Å². The van der Waals surface area contributed by atoms with Crippen LogP contribution in [-0.4, -0.2) is 17.3 Å². The van der Waals surface area contributed by atoms with Gasteiger partial charge in [0.05, 0.1) is 19.3 Å². The second kappa shape index (κ2) is 6.58. The molecule has 3 aromatic rings. The summed E-state index contributed by atoms with van der Waals surface area (Å²) in [5.41, 5.74) is 13.2. The predicted octanol–water partition coefficient (Wildman–Crippen LogP) is 5.41. The summed E-state index contributed by atoms with van der Waals surface area (Å²) in [4.78, 5) is 0. The molecule has 3 heteroatoms. The SMILES string of the molecule is Cc1c(C2=CC(C)(C)C(N)(c3ccccc3)CC2)n(CC2CO2)c2ccccc12. The average molecular weight is 387 g/mol. The third-order valence-corrected chi connectivity index (χ3v) is 7.08. The van der Waals surface area contributed by atoms with E-state index in [0.29, 0.717) is 6.10 Å².